The van der Waals surface area contributed by atoms with Crippen molar-refractivity contribution >= 4 is 11.7 Å². The van der Waals surface area contributed by atoms with E-state index in [4.69, 9.17) is 15.6 Å². The highest BCUT2D eigenvalue weighted by molar-refractivity contribution is 5.93. The van der Waals surface area contributed by atoms with E-state index in [0.717, 1.165) is 12.8 Å². The van der Waals surface area contributed by atoms with Gasteiger partial charge in [-0.1, -0.05) is 36.4 Å². The first-order chi connectivity index (χ1) is 9.68. The van der Waals surface area contributed by atoms with E-state index < -0.39 is 5.97 Å². The van der Waals surface area contributed by atoms with Crippen LogP contribution >= 0.6 is 0 Å². The molecule has 2 aromatic rings. The molecule has 0 amide bonds. The number of aryl methyl sites for hydroxylation is 1. The molecule has 0 spiro atoms. The number of nitrogen functional groups attached to an aromatic ring is 1. The van der Waals surface area contributed by atoms with Crippen molar-refractivity contribution in [1.29, 1.82) is 0 Å². The van der Waals surface area contributed by atoms with Crippen LogP contribution in [0, 0.1) is 0 Å². The van der Waals surface area contributed by atoms with Crippen molar-refractivity contribution in [2.45, 2.75) is 12.8 Å². The molecule has 0 radical (unpaired) electrons. The van der Waals surface area contributed by atoms with Gasteiger partial charge < -0.3 is 15.6 Å². The highest BCUT2D eigenvalue weighted by atomic mass is 16.5. The molecular formula is C16H17NO3. The van der Waals surface area contributed by atoms with Crippen molar-refractivity contribution in [3.8, 4) is 5.75 Å². The lowest BCUT2D eigenvalue weighted by Gasteiger charge is -2.11. The molecular weight excluding hydrogens is 254 g/mol. The lowest BCUT2D eigenvalue weighted by atomic mass is 10.1. The van der Waals surface area contributed by atoms with Gasteiger partial charge in [0.05, 0.1) is 12.3 Å². The summed E-state index contributed by atoms with van der Waals surface area (Å²) in [5.41, 5.74) is 7.45. The van der Waals surface area contributed by atoms with Crippen LogP contribution < -0.4 is 10.5 Å². The summed E-state index contributed by atoms with van der Waals surface area (Å²) in [6.45, 7) is 0.434. The van der Waals surface area contributed by atoms with E-state index in [9.17, 15) is 4.79 Å². The summed E-state index contributed by atoms with van der Waals surface area (Å²) in [5.74, 6) is -0.775. The molecule has 0 aliphatic rings. The predicted octanol–water partition coefficient (Wildman–Crippen LogP) is 2.98. The molecule has 0 aliphatic heterocycles. The van der Waals surface area contributed by atoms with Gasteiger partial charge in [0.2, 0.25) is 0 Å². The van der Waals surface area contributed by atoms with Crippen molar-refractivity contribution < 1.29 is 14.6 Å². The standard InChI is InChI=1S/C16H17NO3/c17-14-10-4-9-13(16(18)19)15(14)20-11-5-8-12-6-2-1-3-7-12/h1-4,6-7,9-10H,5,8,11,17H2,(H,18,19). The largest absolute Gasteiger partial charge is 0.491 e. The Morgan fingerprint density at radius 3 is 2.55 bits per heavy atom. The Balaban J connectivity index is 1.93. The van der Waals surface area contributed by atoms with Gasteiger partial charge in [-0.2, -0.15) is 0 Å². The number of anilines is 1. The van der Waals surface area contributed by atoms with Gasteiger partial charge in [0.25, 0.3) is 0 Å². The average molecular weight is 271 g/mol. The molecule has 2 aromatic carbocycles. The van der Waals surface area contributed by atoms with Crippen LogP contribution in [0.4, 0.5) is 5.69 Å². The third-order valence-electron chi connectivity index (χ3n) is 2.97. The minimum absolute atomic E-state index is 0.102. The smallest absolute Gasteiger partial charge is 0.339 e. The highest BCUT2D eigenvalue weighted by Gasteiger charge is 2.13. The van der Waals surface area contributed by atoms with Gasteiger partial charge in [0, 0.05) is 0 Å². The zero-order valence-electron chi connectivity index (χ0n) is 11.1. The summed E-state index contributed by atoms with van der Waals surface area (Å²) in [5, 5.41) is 9.09. The van der Waals surface area contributed by atoms with Crippen LogP contribution in [0.15, 0.2) is 48.5 Å². The number of nitrogens with two attached hydrogens (primary N) is 1. The second-order valence-electron chi connectivity index (χ2n) is 4.47. The number of benzene rings is 2. The van der Waals surface area contributed by atoms with E-state index in [2.05, 4.69) is 12.1 Å². The number of hydrogen-bond donors (Lipinski definition) is 2. The fourth-order valence-electron chi connectivity index (χ4n) is 1.98. The second kappa shape index (κ2) is 6.61. The quantitative estimate of drug-likeness (QED) is 0.625. The van der Waals surface area contributed by atoms with Crippen LogP contribution in [0.25, 0.3) is 0 Å². The summed E-state index contributed by atoms with van der Waals surface area (Å²) in [7, 11) is 0. The molecule has 0 saturated heterocycles. The Morgan fingerprint density at radius 1 is 1.10 bits per heavy atom. The van der Waals surface area contributed by atoms with Gasteiger partial charge in [-0.05, 0) is 30.5 Å². The average Bonchev–Trinajstić information content (AvgIpc) is 2.45. The summed E-state index contributed by atoms with van der Waals surface area (Å²) < 4.78 is 5.55. The molecule has 0 heterocycles. The molecule has 4 heteroatoms. The molecule has 0 saturated carbocycles. The number of rotatable bonds is 6. The normalized spacial score (nSPS) is 10.2. The number of hydrogen-bond acceptors (Lipinski definition) is 3. The van der Waals surface area contributed by atoms with E-state index in [1.807, 2.05) is 18.2 Å². The molecule has 0 unspecified atom stereocenters. The van der Waals surface area contributed by atoms with Crippen molar-refractivity contribution in [3.63, 3.8) is 0 Å². The SMILES string of the molecule is Nc1cccc(C(=O)O)c1OCCCc1ccccc1. The van der Waals surface area contributed by atoms with Gasteiger partial charge in [0.15, 0.2) is 5.75 Å². The van der Waals surface area contributed by atoms with Crippen molar-refractivity contribution in [2.75, 3.05) is 12.3 Å². The first-order valence-electron chi connectivity index (χ1n) is 6.47. The molecule has 0 atom stereocenters. The number of aromatic carboxylic acids is 1. The van der Waals surface area contributed by atoms with E-state index >= 15 is 0 Å². The van der Waals surface area contributed by atoms with Gasteiger partial charge in [-0.25, -0.2) is 4.79 Å². The minimum atomic E-state index is -1.03. The first kappa shape index (κ1) is 13.9. The zero-order chi connectivity index (χ0) is 14.4. The fourth-order valence-corrected chi connectivity index (χ4v) is 1.98. The maximum absolute atomic E-state index is 11.1. The number of carboxylic acid groups (broad SMARTS) is 1. The molecule has 0 bridgehead atoms. The zero-order valence-corrected chi connectivity index (χ0v) is 11.1. The van der Waals surface area contributed by atoms with Crippen LogP contribution in [0.2, 0.25) is 0 Å². The second-order valence-corrected chi connectivity index (χ2v) is 4.47. The number of ether oxygens (including phenoxy) is 1. The lowest BCUT2D eigenvalue weighted by molar-refractivity contribution is 0.0692. The third-order valence-corrected chi connectivity index (χ3v) is 2.97. The Kier molecular flexibility index (Phi) is 4.60. The molecule has 3 N–H and O–H groups in total. The molecule has 20 heavy (non-hydrogen) atoms. The minimum Gasteiger partial charge on any atom is -0.491 e. The molecule has 2 rings (SSSR count). The number of carboxylic acids is 1. The van der Waals surface area contributed by atoms with Crippen LogP contribution in [0.5, 0.6) is 5.75 Å². The van der Waals surface area contributed by atoms with E-state index in [-0.39, 0.29) is 11.3 Å². The van der Waals surface area contributed by atoms with E-state index in [0.29, 0.717) is 12.3 Å². The van der Waals surface area contributed by atoms with Crippen LogP contribution in [-0.2, 0) is 6.42 Å². The summed E-state index contributed by atoms with van der Waals surface area (Å²) in [4.78, 5) is 11.1. The maximum atomic E-state index is 11.1. The molecule has 4 nitrogen and oxygen atoms in total. The Hall–Kier alpha value is -2.49. The topological polar surface area (TPSA) is 72.6 Å². The molecule has 0 aromatic heterocycles. The first-order valence-corrected chi connectivity index (χ1v) is 6.47. The molecule has 104 valence electrons. The number of para-hydroxylation sites is 1. The van der Waals surface area contributed by atoms with Gasteiger partial charge >= 0.3 is 5.97 Å². The highest BCUT2D eigenvalue weighted by Crippen LogP contribution is 2.26. The van der Waals surface area contributed by atoms with Crippen LogP contribution in [0.1, 0.15) is 22.3 Å². The van der Waals surface area contributed by atoms with Crippen molar-refractivity contribution in [1.82, 2.24) is 0 Å². The van der Waals surface area contributed by atoms with Gasteiger partial charge in [-0.15, -0.1) is 0 Å². The predicted molar refractivity (Wildman–Crippen MR) is 78.1 cm³/mol. The third kappa shape index (κ3) is 3.51. The summed E-state index contributed by atoms with van der Waals surface area (Å²) >= 11 is 0. The van der Waals surface area contributed by atoms with Gasteiger partial charge in [-0.3, -0.25) is 0 Å². The Morgan fingerprint density at radius 2 is 1.85 bits per heavy atom. The summed E-state index contributed by atoms with van der Waals surface area (Å²) in [6, 6.07) is 14.8. The number of carbonyl (C=O) groups is 1. The van der Waals surface area contributed by atoms with Crippen molar-refractivity contribution in [3.05, 3.63) is 59.7 Å². The van der Waals surface area contributed by atoms with Crippen LogP contribution in [0.3, 0.4) is 0 Å². The monoisotopic (exact) mass is 271 g/mol. The molecule has 0 fully saturated rings. The summed E-state index contributed by atoms with van der Waals surface area (Å²) in [6.07, 6.45) is 1.69. The van der Waals surface area contributed by atoms with E-state index in [1.165, 1.54) is 11.6 Å². The van der Waals surface area contributed by atoms with Gasteiger partial charge in [0.1, 0.15) is 5.56 Å². The lowest BCUT2D eigenvalue weighted by Crippen LogP contribution is -2.07. The van der Waals surface area contributed by atoms with E-state index in [1.54, 1.807) is 12.1 Å². The van der Waals surface area contributed by atoms with Crippen LogP contribution in [-0.4, -0.2) is 17.7 Å². The Labute approximate surface area is 117 Å². The van der Waals surface area contributed by atoms with Crippen molar-refractivity contribution in [2.24, 2.45) is 0 Å². The maximum Gasteiger partial charge on any atom is 0.339 e. The molecule has 0 aliphatic carbocycles. The Bertz CT molecular complexity index is 582. The fraction of sp³-hybridized carbons (Fsp3) is 0.188.